The molecule has 9 aromatic rings. The van der Waals surface area contributed by atoms with Crippen LogP contribution in [-0.4, -0.2) is 0 Å². The Labute approximate surface area is 334 Å². The number of benzene rings is 9. The summed E-state index contributed by atoms with van der Waals surface area (Å²) in [6, 6.07) is 84.2. The van der Waals surface area contributed by atoms with Gasteiger partial charge in [0.1, 0.15) is 0 Å². The summed E-state index contributed by atoms with van der Waals surface area (Å²) in [7, 11) is 0. The second kappa shape index (κ2) is 13.4. The molecular formula is C55H38N2. The van der Waals surface area contributed by atoms with Crippen LogP contribution in [0.2, 0.25) is 0 Å². The van der Waals surface area contributed by atoms with E-state index in [2.05, 4.69) is 240 Å². The maximum absolute atomic E-state index is 2.44. The van der Waals surface area contributed by atoms with Gasteiger partial charge in [0.05, 0.1) is 16.8 Å². The molecule has 1 heterocycles. The summed E-state index contributed by atoms with van der Waals surface area (Å²) in [4.78, 5) is 4.84. The first-order chi connectivity index (χ1) is 28.3. The smallest absolute Gasteiger partial charge is 0.0754 e. The van der Waals surface area contributed by atoms with Crippen molar-refractivity contribution in [3.63, 3.8) is 0 Å². The van der Waals surface area contributed by atoms with Gasteiger partial charge in [0.2, 0.25) is 0 Å². The van der Waals surface area contributed by atoms with Crippen molar-refractivity contribution in [2.24, 2.45) is 0 Å². The Balaban J connectivity index is 1.11. The van der Waals surface area contributed by atoms with Crippen LogP contribution < -0.4 is 9.80 Å². The predicted molar refractivity (Wildman–Crippen MR) is 238 cm³/mol. The molecule has 2 aliphatic rings. The summed E-state index contributed by atoms with van der Waals surface area (Å²) in [6.07, 6.45) is 0. The fourth-order valence-corrected chi connectivity index (χ4v) is 9.41. The van der Waals surface area contributed by atoms with Crippen LogP contribution in [0.15, 0.2) is 231 Å². The van der Waals surface area contributed by atoms with E-state index in [9.17, 15) is 0 Å². The Morgan fingerprint density at radius 3 is 1.25 bits per heavy atom. The maximum Gasteiger partial charge on any atom is 0.0754 e. The van der Waals surface area contributed by atoms with E-state index in [1.165, 1.54) is 67.0 Å². The van der Waals surface area contributed by atoms with Crippen molar-refractivity contribution < 1.29 is 0 Å². The van der Waals surface area contributed by atoms with E-state index in [1.54, 1.807) is 0 Å². The molecule has 11 rings (SSSR count). The third-order valence-corrected chi connectivity index (χ3v) is 11.9. The summed E-state index contributed by atoms with van der Waals surface area (Å²) >= 11 is 0. The molecule has 268 valence electrons. The SMILES string of the molecule is c1ccc(-c2ccc(N(c3ccc(-c4ccccc4)cc3)c3ccc4c(c3)-c3ccccc3C43c4ccccc4N(c4ccccc4)c4ccccc43)cc2)cc1. The van der Waals surface area contributed by atoms with Crippen molar-refractivity contribution in [1.29, 1.82) is 0 Å². The van der Waals surface area contributed by atoms with Crippen LogP contribution in [0.4, 0.5) is 34.1 Å². The highest BCUT2D eigenvalue weighted by molar-refractivity contribution is 5.97. The van der Waals surface area contributed by atoms with Crippen molar-refractivity contribution in [2.45, 2.75) is 5.41 Å². The fourth-order valence-electron chi connectivity index (χ4n) is 9.41. The van der Waals surface area contributed by atoms with Gasteiger partial charge in [0.25, 0.3) is 0 Å². The summed E-state index contributed by atoms with van der Waals surface area (Å²) < 4.78 is 0. The van der Waals surface area contributed by atoms with E-state index < -0.39 is 5.41 Å². The van der Waals surface area contributed by atoms with Crippen LogP contribution in [0.5, 0.6) is 0 Å². The molecule has 0 fully saturated rings. The summed E-state index contributed by atoms with van der Waals surface area (Å²) in [5.41, 5.74) is 18.9. The molecule has 0 saturated carbocycles. The van der Waals surface area contributed by atoms with E-state index in [4.69, 9.17) is 0 Å². The summed E-state index contributed by atoms with van der Waals surface area (Å²) in [5, 5.41) is 0. The lowest BCUT2D eigenvalue weighted by atomic mass is 9.64. The Morgan fingerprint density at radius 2 is 0.702 bits per heavy atom. The lowest BCUT2D eigenvalue weighted by molar-refractivity contribution is 0.752. The number of anilines is 6. The molecule has 2 heteroatoms. The number of nitrogens with zero attached hydrogens (tertiary/aromatic N) is 2. The standard InChI is InChI=1S/C55H38N2/c1-4-16-39(17-5-1)41-28-32-44(33-29-41)56(45-34-30-42(31-35-45)40-18-6-2-7-19-40)46-36-37-50-48(38-46)47-22-10-11-23-49(47)55(50)51-24-12-14-26-53(51)57(43-20-8-3-9-21-43)54-27-15-13-25-52(54)55/h1-38H. The van der Waals surface area contributed by atoms with Gasteiger partial charge in [0.15, 0.2) is 0 Å². The van der Waals surface area contributed by atoms with Gasteiger partial charge in [-0.2, -0.15) is 0 Å². The van der Waals surface area contributed by atoms with Crippen LogP contribution in [0.1, 0.15) is 22.3 Å². The molecule has 0 unspecified atom stereocenters. The Bertz CT molecular complexity index is 2750. The minimum Gasteiger partial charge on any atom is -0.310 e. The second-order valence-corrected chi connectivity index (χ2v) is 14.9. The lowest BCUT2D eigenvalue weighted by Crippen LogP contribution is -2.36. The molecule has 0 aromatic heterocycles. The molecule has 1 aliphatic carbocycles. The molecule has 1 aliphatic heterocycles. The number of hydrogen-bond donors (Lipinski definition) is 0. The highest BCUT2D eigenvalue weighted by Crippen LogP contribution is 2.63. The average Bonchev–Trinajstić information content (AvgIpc) is 3.58. The van der Waals surface area contributed by atoms with Crippen LogP contribution in [0, 0.1) is 0 Å². The van der Waals surface area contributed by atoms with Gasteiger partial charge in [-0.15, -0.1) is 0 Å². The van der Waals surface area contributed by atoms with Crippen LogP contribution >= 0.6 is 0 Å². The number of fused-ring (bicyclic) bond motifs is 9. The fraction of sp³-hybridized carbons (Fsp3) is 0.0182. The van der Waals surface area contributed by atoms with Crippen molar-refractivity contribution in [2.75, 3.05) is 9.80 Å². The largest absolute Gasteiger partial charge is 0.310 e. The quantitative estimate of drug-likeness (QED) is 0.168. The molecule has 0 bridgehead atoms. The molecule has 0 radical (unpaired) electrons. The lowest BCUT2D eigenvalue weighted by Gasteiger charge is -2.45. The normalized spacial score (nSPS) is 13.0. The molecular weight excluding hydrogens is 689 g/mol. The Hall–Kier alpha value is -7.42. The Morgan fingerprint density at radius 1 is 0.298 bits per heavy atom. The molecule has 1 spiro atoms. The number of para-hydroxylation sites is 3. The van der Waals surface area contributed by atoms with Gasteiger partial charge in [-0.05, 0) is 116 Å². The third-order valence-electron chi connectivity index (χ3n) is 11.9. The first-order valence-corrected chi connectivity index (χ1v) is 19.7. The average molecular weight is 727 g/mol. The molecule has 0 saturated heterocycles. The van der Waals surface area contributed by atoms with Crippen LogP contribution in [-0.2, 0) is 5.41 Å². The van der Waals surface area contributed by atoms with Gasteiger partial charge in [-0.3, -0.25) is 0 Å². The number of hydrogen-bond acceptors (Lipinski definition) is 2. The minimum absolute atomic E-state index is 0.498. The molecule has 9 aromatic carbocycles. The van der Waals surface area contributed by atoms with E-state index >= 15 is 0 Å². The molecule has 0 atom stereocenters. The third kappa shape index (κ3) is 5.18. The molecule has 2 nitrogen and oxygen atoms in total. The molecule has 57 heavy (non-hydrogen) atoms. The zero-order valence-corrected chi connectivity index (χ0v) is 31.3. The minimum atomic E-state index is -0.498. The van der Waals surface area contributed by atoms with Gasteiger partial charge in [-0.1, -0.05) is 170 Å². The van der Waals surface area contributed by atoms with E-state index in [0.29, 0.717) is 0 Å². The van der Waals surface area contributed by atoms with Gasteiger partial charge in [0, 0.05) is 22.7 Å². The molecule has 0 amide bonds. The van der Waals surface area contributed by atoms with Crippen molar-refractivity contribution in [3.8, 4) is 33.4 Å². The zero-order valence-electron chi connectivity index (χ0n) is 31.3. The maximum atomic E-state index is 2.44. The predicted octanol–water partition coefficient (Wildman–Crippen LogP) is 14.6. The van der Waals surface area contributed by atoms with Crippen LogP contribution in [0.25, 0.3) is 33.4 Å². The van der Waals surface area contributed by atoms with Gasteiger partial charge in [-0.25, -0.2) is 0 Å². The first-order valence-electron chi connectivity index (χ1n) is 19.7. The number of rotatable bonds is 6. The van der Waals surface area contributed by atoms with Crippen molar-refractivity contribution >= 4 is 34.1 Å². The van der Waals surface area contributed by atoms with Gasteiger partial charge < -0.3 is 9.80 Å². The van der Waals surface area contributed by atoms with Crippen LogP contribution in [0.3, 0.4) is 0 Å². The zero-order chi connectivity index (χ0) is 37.8. The summed E-state index contributed by atoms with van der Waals surface area (Å²) in [5.74, 6) is 0. The highest BCUT2D eigenvalue weighted by Gasteiger charge is 2.51. The highest BCUT2D eigenvalue weighted by atomic mass is 15.2. The van der Waals surface area contributed by atoms with Crippen molar-refractivity contribution in [1.82, 2.24) is 0 Å². The van der Waals surface area contributed by atoms with E-state index in [-0.39, 0.29) is 0 Å². The summed E-state index contributed by atoms with van der Waals surface area (Å²) in [6.45, 7) is 0. The topological polar surface area (TPSA) is 6.48 Å². The second-order valence-electron chi connectivity index (χ2n) is 14.9. The van der Waals surface area contributed by atoms with E-state index in [0.717, 1.165) is 22.7 Å². The monoisotopic (exact) mass is 726 g/mol. The Kier molecular flexibility index (Phi) is 7.75. The van der Waals surface area contributed by atoms with Gasteiger partial charge >= 0.3 is 0 Å². The van der Waals surface area contributed by atoms with E-state index in [1.807, 2.05) is 0 Å². The first kappa shape index (κ1) is 33.0. The van der Waals surface area contributed by atoms with Crippen molar-refractivity contribution in [3.05, 3.63) is 253 Å². The molecule has 0 N–H and O–H groups in total.